The van der Waals surface area contributed by atoms with E-state index in [0.29, 0.717) is 27.3 Å². The van der Waals surface area contributed by atoms with Gasteiger partial charge in [0.2, 0.25) is 0 Å². The van der Waals surface area contributed by atoms with E-state index in [2.05, 4.69) is 73.8 Å². The Morgan fingerprint density at radius 1 is 0.644 bits per heavy atom. The summed E-state index contributed by atoms with van der Waals surface area (Å²) in [5.41, 5.74) is 8.70. The van der Waals surface area contributed by atoms with Crippen molar-refractivity contribution >= 4 is 73.8 Å². The number of carbonyl (C=O) groups is 1. The summed E-state index contributed by atoms with van der Waals surface area (Å²) in [4.78, 5) is 10.9. The molecule has 1 aliphatic heterocycles. The van der Waals surface area contributed by atoms with Crippen LogP contribution in [0.1, 0.15) is 90.7 Å². The van der Waals surface area contributed by atoms with Gasteiger partial charge in [-0.1, -0.05) is 59.7 Å². The molecule has 0 spiro atoms. The lowest BCUT2D eigenvalue weighted by atomic mass is 10.0. The van der Waals surface area contributed by atoms with Crippen molar-refractivity contribution in [3.63, 3.8) is 0 Å². The van der Waals surface area contributed by atoms with E-state index >= 15 is 0 Å². The van der Waals surface area contributed by atoms with E-state index in [-0.39, 0.29) is 38.4 Å². The highest BCUT2D eigenvalue weighted by Gasteiger charge is 2.22. The van der Waals surface area contributed by atoms with Crippen LogP contribution in [0, 0.1) is 0 Å². The second-order valence-corrected chi connectivity index (χ2v) is 21.6. The highest BCUT2D eigenvalue weighted by molar-refractivity contribution is 9.11. The van der Waals surface area contributed by atoms with Crippen molar-refractivity contribution in [2.75, 3.05) is 48.6 Å². The van der Waals surface area contributed by atoms with Gasteiger partial charge in [0.1, 0.15) is 35.0 Å². The zero-order chi connectivity index (χ0) is 53.8. The topological polar surface area (TPSA) is 169 Å². The predicted octanol–water partition coefficient (Wildman–Crippen LogP) is 14.8. The lowest BCUT2D eigenvalue weighted by Crippen LogP contribution is -2.25. The summed E-state index contributed by atoms with van der Waals surface area (Å²) in [7, 11) is 2.81. The molecule has 0 aromatic heterocycles. The molecule has 3 N–H and O–H groups in total. The molecule has 6 rings (SSSR count). The molecule has 396 valence electrons. The van der Waals surface area contributed by atoms with Crippen LogP contribution in [0.2, 0.25) is 0 Å². The van der Waals surface area contributed by atoms with Crippen LogP contribution in [0.4, 0.5) is 0 Å². The molecule has 1 heterocycles. The van der Waals surface area contributed by atoms with E-state index in [1.165, 1.54) is 25.4 Å². The van der Waals surface area contributed by atoms with Gasteiger partial charge in [0.25, 0.3) is 0 Å². The first-order valence-corrected chi connectivity index (χ1v) is 27.3. The average Bonchev–Trinajstić information content (AvgIpc) is 3.38. The molecule has 1 atom stereocenters. The van der Waals surface area contributed by atoms with Gasteiger partial charge in [0.05, 0.1) is 32.8 Å². The molecule has 17 heteroatoms. The normalized spacial score (nSPS) is 13.0. The third-order valence-corrected chi connectivity index (χ3v) is 14.2. The van der Waals surface area contributed by atoms with Crippen molar-refractivity contribution < 1.29 is 62.1 Å². The minimum atomic E-state index is -3.05. The molecule has 73 heavy (non-hydrogen) atoms. The van der Waals surface area contributed by atoms with Gasteiger partial charge in [0.15, 0.2) is 19.9 Å². The van der Waals surface area contributed by atoms with E-state index in [0.717, 1.165) is 93.1 Å². The van der Waals surface area contributed by atoms with Crippen molar-refractivity contribution in [1.29, 1.82) is 0 Å². The van der Waals surface area contributed by atoms with Crippen LogP contribution in [0.25, 0.3) is 12.2 Å². The number of phenolic OH excluding ortho intramolecular Hbond substituents is 2. The number of ether oxygens (including phenoxy) is 6. The zero-order valence-electron chi connectivity index (χ0n) is 42.7. The number of aliphatic hydroxyl groups is 1. The Kier molecular flexibility index (Phi) is 29.3. The molecule has 13 nitrogen and oxygen atoms in total. The fourth-order valence-electron chi connectivity index (χ4n) is 6.41. The SMILES string of the molecule is CC(C)=CCc1cc(/C=C/c2ccc(Br)c(O)c2)ccc1O.CC(C)=CCc1cc(C=O)ccc1OC1CCCCO1.COCOc1ccc(CO)cc1Br.COCOc1ccc(CP(=O)(OC)OC)cc1Br. The first kappa shape index (κ1) is 62.7. The Balaban J connectivity index is 0.000000261. The number of rotatable bonds is 20. The fourth-order valence-corrected chi connectivity index (χ4v) is 8.79. The molecule has 0 bridgehead atoms. The number of halogens is 3. The molecule has 5 aromatic rings. The van der Waals surface area contributed by atoms with Crippen LogP contribution in [0.5, 0.6) is 28.7 Å². The van der Waals surface area contributed by atoms with E-state index < -0.39 is 7.60 Å². The second-order valence-electron chi connectivity index (χ2n) is 16.7. The summed E-state index contributed by atoms with van der Waals surface area (Å²) < 4.78 is 55.7. The smallest absolute Gasteiger partial charge is 0.334 e. The number of methoxy groups -OCH3 is 2. The lowest BCUT2D eigenvalue weighted by Gasteiger charge is -2.24. The molecule has 0 saturated carbocycles. The molecule has 1 fully saturated rings. The predicted molar refractivity (Wildman–Crippen MR) is 300 cm³/mol. The number of aromatic hydroxyl groups is 2. The van der Waals surface area contributed by atoms with Crippen LogP contribution in [0.15, 0.2) is 128 Å². The van der Waals surface area contributed by atoms with Gasteiger partial charge >= 0.3 is 7.60 Å². The number of carbonyl (C=O) groups excluding carboxylic acids is 1. The number of hydrogen-bond donors (Lipinski definition) is 3. The number of phenols is 2. The number of hydrogen-bond acceptors (Lipinski definition) is 13. The van der Waals surface area contributed by atoms with Crippen molar-refractivity contribution in [3.8, 4) is 28.7 Å². The molecule has 0 amide bonds. The monoisotopic (exact) mass is 1220 g/mol. The summed E-state index contributed by atoms with van der Waals surface area (Å²) in [6.07, 6.45) is 13.7. The van der Waals surface area contributed by atoms with Crippen LogP contribution >= 0.6 is 55.4 Å². The Morgan fingerprint density at radius 3 is 1.70 bits per heavy atom. The van der Waals surface area contributed by atoms with E-state index in [1.807, 2.05) is 74.5 Å². The van der Waals surface area contributed by atoms with Crippen LogP contribution < -0.4 is 14.2 Å². The summed E-state index contributed by atoms with van der Waals surface area (Å²) in [5, 5.41) is 28.4. The molecule has 1 aliphatic rings. The van der Waals surface area contributed by atoms with Gasteiger partial charge < -0.3 is 52.8 Å². The van der Waals surface area contributed by atoms with Crippen LogP contribution in [-0.4, -0.2) is 76.5 Å². The summed E-state index contributed by atoms with van der Waals surface area (Å²) in [5.74, 6) is 2.72. The highest BCUT2D eigenvalue weighted by Crippen LogP contribution is 2.50. The maximum absolute atomic E-state index is 12.0. The Bertz CT molecular complexity index is 2610. The summed E-state index contributed by atoms with van der Waals surface area (Å²) in [6.45, 7) is 9.40. The largest absolute Gasteiger partial charge is 0.508 e. The first-order valence-electron chi connectivity index (χ1n) is 23.2. The maximum atomic E-state index is 12.0. The van der Waals surface area contributed by atoms with E-state index in [1.54, 1.807) is 56.7 Å². The summed E-state index contributed by atoms with van der Waals surface area (Å²) in [6, 6.07) is 27.3. The van der Waals surface area contributed by atoms with Crippen LogP contribution in [0.3, 0.4) is 0 Å². The van der Waals surface area contributed by atoms with Crippen molar-refractivity contribution in [2.45, 2.75) is 78.9 Å². The molecule has 5 aromatic carbocycles. The maximum Gasteiger partial charge on any atom is 0.334 e. The number of aldehydes is 1. The molecular formula is C56H68Br3O13P. The van der Waals surface area contributed by atoms with E-state index in [9.17, 15) is 19.6 Å². The first-order chi connectivity index (χ1) is 35.0. The van der Waals surface area contributed by atoms with Crippen molar-refractivity contribution in [3.05, 3.63) is 167 Å². The molecule has 0 radical (unpaired) electrons. The van der Waals surface area contributed by atoms with E-state index in [4.69, 9.17) is 42.6 Å². The molecular weight excluding hydrogens is 1150 g/mol. The number of allylic oxidation sites excluding steroid dienone is 4. The lowest BCUT2D eigenvalue weighted by molar-refractivity contribution is -0.106. The van der Waals surface area contributed by atoms with Gasteiger partial charge in [-0.3, -0.25) is 9.36 Å². The fraction of sp³-hybridized carbons (Fsp3) is 0.339. The van der Waals surface area contributed by atoms with Gasteiger partial charge in [-0.25, -0.2) is 0 Å². The Labute approximate surface area is 456 Å². The number of benzene rings is 5. The second kappa shape index (κ2) is 34.1. The van der Waals surface area contributed by atoms with Gasteiger partial charge in [-0.15, -0.1) is 0 Å². The van der Waals surface area contributed by atoms with Gasteiger partial charge in [-0.2, -0.15) is 0 Å². The minimum absolute atomic E-state index is 0.0309. The minimum Gasteiger partial charge on any atom is -0.508 e. The zero-order valence-corrected chi connectivity index (χ0v) is 48.4. The average molecular weight is 1220 g/mol. The van der Waals surface area contributed by atoms with Gasteiger partial charge in [-0.05, 0) is 201 Å². The van der Waals surface area contributed by atoms with Gasteiger partial charge in [0, 0.05) is 40.4 Å². The third kappa shape index (κ3) is 23.7. The molecule has 0 aliphatic carbocycles. The molecule has 1 saturated heterocycles. The summed E-state index contributed by atoms with van der Waals surface area (Å²) >= 11 is 9.97. The van der Waals surface area contributed by atoms with Crippen molar-refractivity contribution in [2.24, 2.45) is 0 Å². The Morgan fingerprint density at radius 2 is 1.18 bits per heavy atom. The van der Waals surface area contributed by atoms with Crippen molar-refractivity contribution in [1.82, 2.24) is 0 Å². The standard InChI is InChI=1S/C19H19BrO2.C17H22O3.C11H16BrO5P.C9H11BrO3/c1-13(2)3-8-16-11-14(7-10-18(16)21)4-5-15-6-9-17(20)19(22)12-15;1-13(2)6-8-15-11-14(12-18)7-9-16(15)20-17-5-3-4-10-19-17;1-14-8-17-11-5-4-9(6-10(11)12)7-18(13,15-2)16-3;1-12-6-13-9-3-2-7(5-11)4-8(9)10/h3-7,9-12,21-22H,8H2,1-2H3;6-7,9,11-12,17H,3-5,8,10H2,1-2H3;4-6H,7-8H2,1-3H3;2-4,11H,5-6H2,1H3/b5-4+;;;. The van der Waals surface area contributed by atoms with Crippen LogP contribution in [-0.2, 0) is 53.4 Å². The quantitative estimate of drug-likeness (QED) is 0.0222. The Hall–Kier alpha value is -4.58. The molecule has 1 unspecified atom stereocenters. The number of aliphatic hydroxyl groups excluding tert-OH is 1. The third-order valence-electron chi connectivity index (χ3n) is 10.4. The highest BCUT2D eigenvalue weighted by atomic mass is 79.9.